The summed E-state index contributed by atoms with van der Waals surface area (Å²) in [6.07, 6.45) is 4.88. The first-order chi connectivity index (χ1) is 10.4. The van der Waals surface area contributed by atoms with Gasteiger partial charge in [0.25, 0.3) is 0 Å². The number of aromatic nitrogens is 1. The highest BCUT2D eigenvalue weighted by molar-refractivity contribution is 7.11. The Labute approximate surface area is 137 Å². The van der Waals surface area contributed by atoms with Crippen molar-refractivity contribution in [1.82, 2.24) is 15.2 Å². The molecule has 1 aliphatic rings. The number of nitrogens with one attached hydrogen (secondary N) is 1. The quantitative estimate of drug-likeness (QED) is 0.923. The van der Waals surface area contributed by atoms with Crippen LogP contribution in [0.15, 0.2) is 6.20 Å². The minimum absolute atomic E-state index is 0.207. The average Bonchev–Trinajstić information content (AvgIpc) is 2.92. The van der Waals surface area contributed by atoms with E-state index >= 15 is 0 Å². The van der Waals surface area contributed by atoms with Crippen LogP contribution in [0.1, 0.15) is 50.4 Å². The molecular weight excluding hydrogens is 298 g/mol. The summed E-state index contributed by atoms with van der Waals surface area (Å²) in [5.41, 5.74) is -0.436. The van der Waals surface area contributed by atoms with E-state index in [2.05, 4.69) is 17.2 Å². The number of hydrogen-bond acceptors (Lipinski definition) is 5. The van der Waals surface area contributed by atoms with Crippen molar-refractivity contribution in [3.63, 3.8) is 0 Å². The lowest BCUT2D eigenvalue weighted by Gasteiger charge is -2.34. The monoisotopic (exact) mass is 325 g/mol. The van der Waals surface area contributed by atoms with Gasteiger partial charge in [-0.2, -0.15) is 0 Å². The van der Waals surface area contributed by atoms with Crippen LogP contribution in [0.3, 0.4) is 0 Å². The number of carbonyl (C=O) groups excluding carboxylic acids is 1. The third-order valence-corrected chi connectivity index (χ3v) is 4.71. The Balaban J connectivity index is 1.81. The zero-order valence-corrected chi connectivity index (χ0v) is 14.8. The van der Waals surface area contributed by atoms with Crippen LogP contribution in [-0.2, 0) is 17.7 Å². The molecule has 0 aliphatic carbocycles. The predicted octanol–water partition coefficient (Wildman–Crippen LogP) is 3.19. The molecule has 124 valence electrons. The lowest BCUT2D eigenvalue weighted by molar-refractivity contribution is 0.0187. The first kappa shape index (κ1) is 17.2. The number of ether oxygens (including phenoxy) is 1. The van der Waals surface area contributed by atoms with Crippen LogP contribution in [0.2, 0.25) is 0 Å². The van der Waals surface area contributed by atoms with Crippen molar-refractivity contribution in [3.8, 4) is 0 Å². The fraction of sp³-hybridized carbons (Fsp3) is 0.750. The first-order valence-electron chi connectivity index (χ1n) is 8.02. The maximum absolute atomic E-state index is 12.1. The van der Waals surface area contributed by atoms with Gasteiger partial charge in [-0.05, 0) is 40.0 Å². The van der Waals surface area contributed by atoms with Gasteiger partial charge in [0, 0.05) is 36.8 Å². The van der Waals surface area contributed by atoms with Crippen molar-refractivity contribution < 1.29 is 9.53 Å². The Morgan fingerprint density at radius 1 is 1.55 bits per heavy atom. The van der Waals surface area contributed by atoms with E-state index in [1.54, 1.807) is 11.3 Å². The van der Waals surface area contributed by atoms with Crippen molar-refractivity contribution in [2.45, 2.75) is 65.1 Å². The number of piperidine rings is 1. The number of amides is 1. The number of thiazole rings is 1. The fourth-order valence-corrected chi connectivity index (χ4v) is 3.27. The van der Waals surface area contributed by atoms with E-state index in [1.807, 2.05) is 31.9 Å². The van der Waals surface area contributed by atoms with Gasteiger partial charge in [-0.1, -0.05) is 6.92 Å². The second kappa shape index (κ2) is 7.42. The second-order valence-corrected chi connectivity index (χ2v) is 7.92. The fourth-order valence-electron chi connectivity index (χ4n) is 2.46. The molecule has 6 heteroatoms. The number of carbonyl (C=O) groups is 1. The zero-order valence-electron chi connectivity index (χ0n) is 14.0. The Bertz CT molecular complexity index is 496. The molecule has 2 heterocycles. The van der Waals surface area contributed by atoms with E-state index in [1.165, 1.54) is 4.88 Å². The van der Waals surface area contributed by atoms with Crippen LogP contribution in [-0.4, -0.2) is 40.7 Å². The van der Waals surface area contributed by atoms with E-state index in [9.17, 15) is 4.79 Å². The summed E-state index contributed by atoms with van der Waals surface area (Å²) in [6.45, 7) is 10.1. The van der Waals surface area contributed by atoms with Crippen LogP contribution < -0.4 is 5.32 Å². The third kappa shape index (κ3) is 5.25. The molecule has 22 heavy (non-hydrogen) atoms. The minimum Gasteiger partial charge on any atom is -0.444 e. The average molecular weight is 325 g/mol. The molecular formula is C16H27N3O2S. The summed E-state index contributed by atoms with van der Waals surface area (Å²) in [5, 5.41) is 4.64. The molecule has 1 fully saturated rings. The Kier molecular flexibility index (Phi) is 5.81. The van der Waals surface area contributed by atoms with Crippen molar-refractivity contribution >= 4 is 17.4 Å². The molecule has 1 aliphatic heterocycles. The Morgan fingerprint density at radius 3 is 2.95 bits per heavy atom. The van der Waals surface area contributed by atoms with Gasteiger partial charge in [-0.15, -0.1) is 11.3 Å². The number of likely N-dealkylation sites (tertiary alicyclic amines) is 1. The molecule has 1 amide bonds. The molecule has 0 saturated carbocycles. The van der Waals surface area contributed by atoms with Gasteiger partial charge in [-0.25, -0.2) is 9.78 Å². The minimum atomic E-state index is -0.436. The number of hydrogen-bond donors (Lipinski definition) is 1. The lowest BCUT2D eigenvalue weighted by Crippen LogP contribution is -2.49. The molecule has 0 aromatic carbocycles. The van der Waals surface area contributed by atoms with Gasteiger partial charge in [0.1, 0.15) is 10.6 Å². The Hall–Kier alpha value is -1.14. The second-order valence-electron chi connectivity index (χ2n) is 6.72. The van der Waals surface area contributed by atoms with Gasteiger partial charge >= 0.3 is 6.09 Å². The van der Waals surface area contributed by atoms with Gasteiger partial charge in [0.2, 0.25) is 0 Å². The third-order valence-electron chi connectivity index (χ3n) is 3.56. The van der Waals surface area contributed by atoms with Crippen molar-refractivity contribution in [2.24, 2.45) is 0 Å². The van der Waals surface area contributed by atoms with Crippen LogP contribution in [0.4, 0.5) is 4.79 Å². The summed E-state index contributed by atoms with van der Waals surface area (Å²) in [5.74, 6) is 0. The predicted molar refractivity (Wildman–Crippen MR) is 89.2 cm³/mol. The van der Waals surface area contributed by atoms with Crippen molar-refractivity contribution in [2.75, 3.05) is 13.1 Å². The van der Waals surface area contributed by atoms with Crippen LogP contribution in [0.25, 0.3) is 0 Å². The molecule has 1 unspecified atom stereocenters. The number of aryl methyl sites for hydroxylation is 1. The first-order valence-corrected chi connectivity index (χ1v) is 8.84. The summed E-state index contributed by atoms with van der Waals surface area (Å²) in [4.78, 5) is 19.7. The molecule has 1 atom stereocenters. The SMILES string of the molecule is CCc1cnc(CNC2CCCN(C(=O)OC(C)(C)C)C2)s1. The van der Waals surface area contributed by atoms with Gasteiger partial charge < -0.3 is 15.0 Å². The molecule has 1 saturated heterocycles. The van der Waals surface area contributed by atoms with Crippen molar-refractivity contribution in [1.29, 1.82) is 0 Å². The highest BCUT2D eigenvalue weighted by atomic mass is 32.1. The molecule has 0 spiro atoms. The normalized spacial score (nSPS) is 19.3. The topological polar surface area (TPSA) is 54.5 Å². The van der Waals surface area contributed by atoms with E-state index < -0.39 is 5.60 Å². The van der Waals surface area contributed by atoms with Crippen LogP contribution in [0, 0.1) is 0 Å². The smallest absolute Gasteiger partial charge is 0.410 e. The summed E-state index contributed by atoms with van der Waals surface area (Å²) in [6, 6.07) is 0.315. The van der Waals surface area contributed by atoms with Gasteiger partial charge in [0.05, 0.1) is 0 Å². The maximum Gasteiger partial charge on any atom is 0.410 e. The Morgan fingerprint density at radius 2 is 2.32 bits per heavy atom. The summed E-state index contributed by atoms with van der Waals surface area (Å²) < 4.78 is 5.46. The molecule has 5 nitrogen and oxygen atoms in total. The standard InChI is InChI=1S/C16H27N3O2S/c1-5-13-9-18-14(22-13)10-17-12-7-6-8-19(11-12)15(20)21-16(2,3)4/h9,12,17H,5-8,10-11H2,1-4H3. The molecule has 1 aromatic heterocycles. The lowest BCUT2D eigenvalue weighted by atomic mass is 10.1. The maximum atomic E-state index is 12.1. The van der Waals surface area contributed by atoms with Crippen molar-refractivity contribution in [3.05, 3.63) is 16.1 Å². The molecule has 0 radical (unpaired) electrons. The number of rotatable bonds is 4. The van der Waals surface area contributed by atoms with Crippen LogP contribution in [0.5, 0.6) is 0 Å². The van der Waals surface area contributed by atoms with E-state index in [0.717, 1.165) is 37.4 Å². The van der Waals surface area contributed by atoms with E-state index in [0.29, 0.717) is 12.6 Å². The summed E-state index contributed by atoms with van der Waals surface area (Å²) >= 11 is 1.76. The number of nitrogens with zero attached hydrogens (tertiary/aromatic N) is 2. The highest BCUT2D eigenvalue weighted by Crippen LogP contribution is 2.17. The van der Waals surface area contributed by atoms with Gasteiger partial charge in [-0.3, -0.25) is 0 Å². The molecule has 1 aromatic rings. The molecule has 1 N–H and O–H groups in total. The summed E-state index contributed by atoms with van der Waals surface area (Å²) in [7, 11) is 0. The van der Waals surface area contributed by atoms with Crippen LogP contribution >= 0.6 is 11.3 Å². The van der Waals surface area contributed by atoms with E-state index in [-0.39, 0.29) is 6.09 Å². The largest absolute Gasteiger partial charge is 0.444 e. The highest BCUT2D eigenvalue weighted by Gasteiger charge is 2.27. The van der Waals surface area contributed by atoms with E-state index in [4.69, 9.17) is 4.74 Å². The van der Waals surface area contributed by atoms with Gasteiger partial charge in [0.15, 0.2) is 0 Å². The zero-order chi connectivity index (χ0) is 16.2. The molecule has 2 rings (SSSR count). The molecule has 0 bridgehead atoms.